The average Bonchev–Trinajstić information content (AvgIpc) is 3.82. The third kappa shape index (κ3) is 10.1. The lowest BCUT2D eigenvalue weighted by Crippen LogP contribution is -2.60. The van der Waals surface area contributed by atoms with Crippen LogP contribution in [0.1, 0.15) is 86.8 Å². The number of esters is 1. The minimum atomic E-state index is -1.90. The Morgan fingerprint density at radius 2 is 1.87 bits per heavy atom. The van der Waals surface area contributed by atoms with Crippen LogP contribution in [0.4, 0.5) is 0 Å². The summed E-state index contributed by atoms with van der Waals surface area (Å²) in [5.74, 6) is -4.73. The second-order valence-electron chi connectivity index (χ2n) is 16.2. The molecule has 17 heteroatoms. The second-order valence-corrected chi connectivity index (χ2v) is 16.2. The summed E-state index contributed by atoms with van der Waals surface area (Å²) < 4.78 is 26.2. The van der Waals surface area contributed by atoms with Crippen LogP contribution in [0.15, 0.2) is 11.4 Å². The molecule has 3 aliphatic rings. The topological polar surface area (TPSA) is 199 Å². The molecule has 4 heterocycles. The highest BCUT2D eigenvalue weighted by molar-refractivity contribution is 6.05. The van der Waals surface area contributed by atoms with Crippen molar-refractivity contribution in [1.82, 2.24) is 25.1 Å². The molecule has 4 rings (SSSR count). The van der Waals surface area contributed by atoms with E-state index >= 15 is 0 Å². The van der Waals surface area contributed by atoms with Crippen LogP contribution in [-0.2, 0) is 39.8 Å². The van der Waals surface area contributed by atoms with Crippen molar-refractivity contribution in [1.29, 1.82) is 0 Å². The molecule has 3 aliphatic heterocycles. The Morgan fingerprint density at radius 3 is 2.46 bits per heavy atom. The summed E-state index contributed by atoms with van der Waals surface area (Å²) in [6.45, 7) is 15.6. The van der Waals surface area contributed by atoms with Crippen molar-refractivity contribution in [3.63, 3.8) is 0 Å². The van der Waals surface area contributed by atoms with Gasteiger partial charge in [0.25, 0.3) is 7.98 Å². The van der Waals surface area contributed by atoms with Crippen LogP contribution in [0.3, 0.4) is 0 Å². The summed E-state index contributed by atoms with van der Waals surface area (Å²) in [6, 6.07) is -0.375. The molecule has 0 aliphatic carbocycles. The number of aromatic nitrogens is 3. The first-order valence-corrected chi connectivity index (χ1v) is 19.3. The molecule has 1 aromatic heterocycles. The van der Waals surface area contributed by atoms with Crippen LogP contribution in [0.25, 0.3) is 0 Å². The predicted octanol–water partition coefficient (Wildman–Crippen LogP) is 1.02. The SMILES string of the molecule is [B]n1cc(CCN(C)[C@H]2C[C@@H](C)O[C@@H](OC3[C@@H](C)C(=O)[C@@H](C)C(=O)O[C@H](CC)[C@@](C)(O)[C@H](O)[C@@H](C)/C(=N/O[C@@H]4CCNC4)[C@H](C)C[C@@]3(C)OC)[C@@H]2O)nn1. The molecule has 1 aromatic rings. The van der Waals surface area contributed by atoms with Crippen LogP contribution in [-0.4, -0.2) is 155 Å². The highest BCUT2D eigenvalue weighted by Gasteiger charge is 2.52. The number of aliphatic hydroxyl groups is 3. The van der Waals surface area contributed by atoms with Gasteiger partial charge in [-0.25, -0.2) is 0 Å². The number of rotatable bonds is 10. The molecule has 0 aromatic carbocycles. The number of ketones is 1. The first-order chi connectivity index (χ1) is 25.3. The summed E-state index contributed by atoms with van der Waals surface area (Å²) in [5, 5.41) is 51.0. The molecule has 14 atom stereocenters. The fourth-order valence-corrected chi connectivity index (χ4v) is 8.28. The minimum Gasteiger partial charge on any atom is -0.459 e. The van der Waals surface area contributed by atoms with Gasteiger partial charge in [-0.1, -0.05) is 38.1 Å². The van der Waals surface area contributed by atoms with Gasteiger partial charge >= 0.3 is 5.97 Å². The normalized spacial score (nSPS) is 41.2. The molecule has 54 heavy (non-hydrogen) atoms. The summed E-state index contributed by atoms with van der Waals surface area (Å²) in [6.07, 6.45) is -2.54. The number of hydrogen-bond acceptors (Lipinski definition) is 15. The maximum Gasteiger partial charge on any atom is 0.316 e. The van der Waals surface area contributed by atoms with Gasteiger partial charge in [0, 0.05) is 63.0 Å². The van der Waals surface area contributed by atoms with Crippen LogP contribution >= 0.6 is 0 Å². The third-order valence-electron chi connectivity index (χ3n) is 11.8. The first-order valence-electron chi connectivity index (χ1n) is 19.3. The Balaban J connectivity index is 1.72. The number of ether oxygens (including phenoxy) is 4. The summed E-state index contributed by atoms with van der Waals surface area (Å²) in [4.78, 5) is 35.9. The number of carbonyl (C=O) groups is 2. The van der Waals surface area contributed by atoms with Crippen molar-refractivity contribution in [2.75, 3.05) is 33.8 Å². The van der Waals surface area contributed by atoms with Crippen LogP contribution in [0.5, 0.6) is 0 Å². The molecular formula is C37H63BN6O10. The molecule has 2 radical (unpaired) electrons. The lowest BCUT2D eigenvalue weighted by molar-refractivity contribution is -0.295. The molecule has 0 spiro atoms. The molecule has 0 saturated carbocycles. The average molecular weight is 763 g/mol. The van der Waals surface area contributed by atoms with E-state index in [1.807, 2.05) is 32.7 Å². The maximum absolute atomic E-state index is 14.3. The molecule has 0 bridgehead atoms. The molecule has 0 amide bonds. The molecule has 16 nitrogen and oxygen atoms in total. The van der Waals surface area contributed by atoms with Crippen LogP contribution in [0.2, 0.25) is 0 Å². The Hall–Kier alpha value is -2.51. The molecule has 3 saturated heterocycles. The van der Waals surface area contributed by atoms with Gasteiger partial charge in [-0.05, 0) is 60.5 Å². The molecular weight excluding hydrogens is 699 g/mol. The van der Waals surface area contributed by atoms with E-state index in [-0.39, 0.29) is 31.1 Å². The monoisotopic (exact) mass is 762 g/mol. The van der Waals surface area contributed by atoms with Gasteiger partial charge in [0.15, 0.2) is 12.1 Å². The van der Waals surface area contributed by atoms with Crippen molar-refractivity contribution in [3.8, 4) is 0 Å². The van der Waals surface area contributed by atoms with E-state index in [0.717, 1.165) is 17.6 Å². The fourth-order valence-electron chi connectivity index (χ4n) is 8.28. The number of nitrogens with one attached hydrogen (secondary N) is 1. The van der Waals surface area contributed by atoms with E-state index in [1.165, 1.54) is 21.0 Å². The number of methoxy groups -OCH3 is 1. The number of Topliss-reactive ketones (excluding diaryl/α,β-unsaturated/α-hetero) is 1. The Bertz CT molecular complexity index is 1430. The van der Waals surface area contributed by atoms with Gasteiger partial charge in [0.05, 0.1) is 35.3 Å². The number of nitrogens with zero attached hydrogens (tertiary/aromatic N) is 5. The number of aliphatic hydroxyl groups excluding tert-OH is 2. The van der Waals surface area contributed by atoms with E-state index in [0.29, 0.717) is 37.3 Å². The van der Waals surface area contributed by atoms with E-state index < -0.39 is 77.3 Å². The van der Waals surface area contributed by atoms with Crippen LogP contribution in [0, 0.1) is 23.7 Å². The standard InChI is InChI=1S/C37H63BN6O10/c1-11-28-37(8,49)32(47)22(4)29(41-54-26-12-14-39-18-26)20(2)17-36(7,50-10)33(23(5)30(45)24(6)34(48)52-28)53-35-31(46)27(16-21(3)51-35)43(9)15-13-25-19-44(38)42-40-25/h19-24,26-28,31-33,35,39,46-47,49H,11-18H2,1-10H3/b41-29+/t20-,21-,22+,23+,24-,26-,27+,28-,31-,32-,33?,35+,36-,37-/m1/s1. The van der Waals surface area contributed by atoms with Crippen molar-refractivity contribution in [2.24, 2.45) is 28.8 Å². The van der Waals surface area contributed by atoms with Gasteiger partial charge in [-0.15, -0.1) is 5.10 Å². The van der Waals surface area contributed by atoms with Crippen molar-refractivity contribution < 1.29 is 48.7 Å². The number of cyclic esters (lactones) is 1. The van der Waals surface area contributed by atoms with E-state index in [9.17, 15) is 24.9 Å². The summed E-state index contributed by atoms with van der Waals surface area (Å²) in [5.41, 5.74) is -1.97. The zero-order valence-electron chi connectivity index (χ0n) is 33.7. The van der Waals surface area contributed by atoms with Gasteiger partial charge in [-0.3, -0.25) is 9.59 Å². The molecule has 3 fully saturated rings. The zero-order valence-corrected chi connectivity index (χ0v) is 33.7. The van der Waals surface area contributed by atoms with Gasteiger partial charge in [0.2, 0.25) is 0 Å². The van der Waals surface area contributed by atoms with Crippen molar-refractivity contribution >= 4 is 25.4 Å². The first kappa shape index (κ1) is 44.2. The smallest absolute Gasteiger partial charge is 0.316 e. The maximum atomic E-state index is 14.3. The largest absolute Gasteiger partial charge is 0.459 e. The number of hydrogen-bond donors (Lipinski definition) is 4. The highest BCUT2D eigenvalue weighted by atomic mass is 16.7. The quantitative estimate of drug-likeness (QED) is 0.114. The second kappa shape index (κ2) is 18.6. The fraction of sp³-hybridized carbons (Fsp3) is 0.865. The predicted molar refractivity (Wildman–Crippen MR) is 199 cm³/mol. The Labute approximate surface area is 321 Å². The van der Waals surface area contributed by atoms with Gasteiger partial charge in [-0.2, -0.15) is 0 Å². The number of likely N-dealkylation sites (N-methyl/N-ethyl adjacent to an activating group) is 1. The number of oxime groups is 1. The van der Waals surface area contributed by atoms with Crippen LogP contribution < -0.4 is 5.32 Å². The lowest BCUT2D eigenvalue weighted by atomic mass is 9.74. The Morgan fingerprint density at radius 1 is 1.17 bits per heavy atom. The Kier molecular flexibility index (Phi) is 15.2. The molecule has 304 valence electrons. The van der Waals surface area contributed by atoms with Gasteiger partial charge < -0.3 is 53.9 Å². The molecule has 1 unspecified atom stereocenters. The zero-order chi connectivity index (χ0) is 40.1. The van der Waals surface area contributed by atoms with E-state index in [2.05, 4.69) is 20.8 Å². The van der Waals surface area contributed by atoms with E-state index in [4.69, 9.17) is 31.8 Å². The van der Waals surface area contributed by atoms with Crippen molar-refractivity contribution in [3.05, 3.63) is 11.9 Å². The van der Waals surface area contributed by atoms with Gasteiger partial charge in [0.1, 0.15) is 29.8 Å². The molecule has 4 N–H and O–H groups in total. The lowest BCUT2D eigenvalue weighted by Gasteiger charge is -2.47. The van der Waals surface area contributed by atoms with Crippen molar-refractivity contribution in [2.45, 2.75) is 148 Å². The summed E-state index contributed by atoms with van der Waals surface area (Å²) in [7, 11) is 9.09. The number of carbonyl (C=O) groups excluding carboxylic acids is 2. The summed E-state index contributed by atoms with van der Waals surface area (Å²) >= 11 is 0. The van der Waals surface area contributed by atoms with E-state index in [1.54, 1.807) is 27.0 Å². The highest BCUT2D eigenvalue weighted by Crippen LogP contribution is 2.39. The third-order valence-corrected chi connectivity index (χ3v) is 11.8. The minimum absolute atomic E-state index is 0.177.